The summed E-state index contributed by atoms with van der Waals surface area (Å²) >= 11 is 0. The fraction of sp³-hybridized carbons (Fsp3) is 1.00. The van der Waals surface area contributed by atoms with Crippen molar-refractivity contribution in [2.24, 2.45) is 11.8 Å². The van der Waals surface area contributed by atoms with E-state index in [1.165, 1.54) is 13.0 Å². The van der Waals surface area contributed by atoms with Gasteiger partial charge < -0.3 is 15.3 Å². The SMILES string of the molecule is CNCC(C)CN1CCC(CO)C1. The topological polar surface area (TPSA) is 35.5 Å². The second-order valence-corrected chi connectivity index (χ2v) is 4.26. The first-order valence-corrected chi connectivity index (χ1v) is 5.24. The highest BCUT2D eigenvalue weighted by Gasteiger charge is 2.22. The molecule has 78 valence electrons. The van der Waals surface area contributed by atoms with E-state index in [0.717, 1.165) is 19.6 Å². The zero-order chi connectivity index (χ0) is 9.68. The molecular weight excluding hydrogens is 164 g/mol. The molecule has 3 heteroatoms. The average molecular weight is 186 g/mol. The lowest BCUT2D eigenvalue weighted by atomic mass is 10.1. The van der Waals surface area contributed by atoms with Crippen molar-refractivity contribution in [1.82, 2.24) is 10.2 Å². The predicted octanol–water partition coefficient (Wildman–Crippen LogP) is 0.156. The Kier molecular flexibility index (Phi) is 4.70. The van der Waals surface area contributed by atoms with Crippen LogP contribution in [0.25, 0.3) is 0 Å². The van der Waals surface area contributed by atoms with E-state index in [0.29, 0.717) is 18.4 Å². The third kappa shape index (κ3) is 3.63. The first-order chi connectivity index (χ1) is 6.26. The Morgan fingerprint density at radius 3 is 2.92 bits per heavy atom. The zero-order valence-corrected chi connectivity index (χ0v) is 8.79. The molecule has 1 aliphatic rings. The molecule has 2 atom stereocenters. The van der Waals surface area contributed by atoms with Crippen LogP contribution in [0.5, 0.6) is 0 Å². The van der Waals surface area contributed by atoms with Crippen LogP contribution in [0.15, 0.2) is 0 Å². The van der Waals surface area contributed by atoms with Gasteiger partial charge >= 0.3 is 0 Å². The summed E-state index contributed by atoms with van der Waals surface area (Å²) in [6, 6.07) is 0. The summed E-state index contributed by atoms with van der Waals surface area (Å²) < 4.78 is 0. The van der Waals surface area contributed by atoms with Crippen molar-refractivity contribution in [3.63, 3.8) is 0 Å². The summed E-state index contributed by atoms with van der Waals surface area (Å²) in [5.41, 5.74) is 0. The lowest BCUT2D eigenvalue weighted by Crippen LogP contribution is -2.31. The molecule has 2 unspecified atom stereocenters. The predicted molar refractivity (Wildman–Crippen MR) is 54.7 cm³/mol. The lowest BCUT2D eigenvalue weighted by molar-refractivity contribution is 0.214. The van der Waals surface area contributed by atoms with Gasteiger partial charge in [0.25, 0.3) is 0 Å². The number of nitrogens with one attached hydrogen (secondary N) is 1. The second kappa shape index (κ2) is 5.58. The second-order valence-electron chi connectivity index (χ2n) is 4.26. The number of hydrogen-bond acceptors (Lipinski definition) is 3. The van der Waals surface area contributed by atoms with Crippen LogP contribution in [0.3, 0.4) is 0 Å². The van der Waals surface area contributed by atoms with E-state index in [9.17, 15) is 0 Å². The summed E-state index contributed by atoms with van der Waals surface area (Å²) in [5, 5.41) is 12.2. The molecule has 1 rings (SSSR count). The van der Waals surface area contributed by atoms with E-state index < -0.39 is 0 Å². The monoisotopic (exact) mass is 186 g/mol. The number of hydrogen-bond donors (Lipinski definition) is 2. The number of aliphatic hydroxyl groups is 1. The van der Waals surface area contributed by atoms with E-state index >= 15 is 0 Å². The highest BCUT2D eigenvalue weighted by Crippen LogP contribution is 2.16. The summed E-state index contributed by atoms with van der Waals surface area (Å²) in [4.78, 5) is 2.46. The molecule has 1 aliphatic heterocycles. The number of likely N-dealkylation sites (tertiary alicyclic amines) is 1. The first kappa shape index (κ1) is 11.0. The van der Waals surface area contributed by atoms with Gasteiger partial charge in [-0.15, -0.1) is 0 Å². The Morgan fingerprint density at radius 2 is 2.38 bits per heavy atom. The minimum Gasteiger partial charge on any atom is -0.396 e. The Balaban J connectivity index is 2.16. The summed E-state index contributed by atoms with van der Waals surface area (Å²) in [6.45, 7) is 7.13. The van der Waals surface area contributed by atoms with Crippen LogP contribution in [0, 0.1) is 11.8 Å². The Morgan fingerprint density at radius 1 is 1.62 bits per heavy atom. The van der Waals surface area contributed by atoms with E-state index in [1.807, 2.05) is 7.05 Å². The van der Waals surface area contributed by atoms with Gasteiger partial charge in [0.1, 0.15) is 0 Å². The molecule has 0 amide bonds. The third-order valence-electron chi connectivity index (χ3n) is 2.75. The van der Waals surface area contributed by atoms with Crippen molar-refractivity contribution in [1.29, 1.82) is 0 Å². The van der Waals surface area contributed by atoms with E-state index in [-0.39, 0.29) is 0 Å². The highest BCUT2D eigenvalue weighted by atomic mass is 16.3. The van der Waals surface area contributed by atoms with Crippen LogP contribution in [0.1, 0.15) is 13.3 Å². The largest absolute Gasteiger partial charge is 0.396 e. The van der Waals surface area contributed by atoms with Crippen molar-refractivity contribution in [3.8, 4) is 0 Å². The Labute approximate surface area is 81.1 Å². The molecule has 0 aliphatic carbocycles. The molecule has 13 heavy (non-hydrogen) atoms. The molecular formula is C10H22N2O. The standard InChI is InChI=1S/C10H22N2O/c1-9(5-11-2)6-12-4-3-10(7-12)8-13/h9-11,13H,3-8H2,1-2H3. The van der Waals surface area contributed by atoms with Crippen molar-refractivity contribution in [2.45, 2.75) is 13.3 Å². The van der Waals surface area contributed by atoms with Crippen LogP contribution in [0.4, 0.5) is 0 Å². The van der Waals surface area contributed by atoms with Gasteiger partial charge in [-0.25, -0.2) is 0 Å². The molecule has 1 saturated heterocycles. The summed E-state index contributed by atoms with van der Waals surface area (Å²) in [6.07, 6.45) is 1.17. The van der Waals surface area contributed by atoms with Crippen molar-refractivity contribution in [2.75, 3.05) is 39.8 Å². The fourth-order valence-electron chi connectivity index (χ4n) is 2.08. The van der Waals surface area contributed by atoms with Gasteiger partial charge in [-0.1, -0.05) is 6.92 Å². The fourth-order valence-corrected chi connectivity index (χ4v) is 2.08. The van der Waals surface area contributed by atoms with E-state index in [4.69, 9.17) is 5.11 Å². The molecule has 0 aromatic carbocycles. The van der Waals surface area contributed by atoms with Crippen LogP contribution in [-0.2, 0) is 0 Å². The molecule has 0 aromatic heterocycles. The highest BCUT2D eigenvalue weighted by molar-refractivity contribution is 4.76. The van der Waals surface area contributed by atoms with Crippen LogP contribution >= 0.6 is 0 Å². The Bertz CT molecular complexity index is 141. The van der Waals surface area contributed by atoms with Crippen molar-refractivity contribution in [3.05, 3.63) is 0 Å². The molecule has 2 N–H and O–H groups in total. The van der Waals surface area contributed by atoms with Crippen LogP contribution in [-0.4, -0.2) is 49.8 Å². The van der Waals surface area contributed by atoms with Crippen molar-refractivity contribution >= 4 is 0 Å². The quantitative estimate of drug-likeness (QED) is 0.642. The molecule has 0 radical (unpaired) electrons. The zero-order valence-electron chi connectivity index (χ0n) is 8.79. The number of nitrogens with zero attached hydrogens (tertiary/aromatic N) is 1. The maximum absolute atomic E-state index is 8.98. The van der Waals surface area contributed by atoms with E-state index in [2.05, 4.69) is 17.1 Å². The van der Waals surface area contributed by atoms with Crippen molar-refractivity contribution < 1.29 is 5.11 Å². The van der Waals surface area contributed by atoms with Gasteiger partial charge in [0.15, 0.2) is 0 Å². The normalized spacial score (nSPS) is 26.5. The van der Waals surface area contributed by atoms with E-state index in [1.54, 1.807) is 0 Å². The maximum Gasteiger partial charge on any atom is 0.0471 e. The van der Waals surface area contributed by atoms with Crippen LogP contribution < -0.4 is 5.32 Å². The van der Waals surface area contributed by atoms with Gasteiger partial charge in [-0.05, 0) is 38.4 Å². The molecule has 3 nitrogen and oxygen atoms in total. The van der Waals surface area contributed by atoms with Gasteiger partial charge in [0.05, 0.1) is 0 Å². The maximum atomic E-state index is 8.98. The van der Waals surface area contributed by atoms with Gasteiger partial charge in [0.2, 0.25) is 0 Å². The molecule has 1 heterocycles. The Hall–Kier alpha value is -0.120. The molecule has 0 saturated carbocycles. The third-order valence-corrected chi connectivity index (χ3v) is 2.75. The summed E-state index contributed by atoms with van der Waals surface area (Å²) in [7, 11) is 2.00. The van der Waals surface area contributed by atoms with Gasteiger partial charge in [-0.2, -0.15) is 0 Å². The van der Waals surface area contributed by atoms with Gasteiger partial charge in [0, 0.05) is 19.7 Å². The smallest absolute Gasteiger partial charge is 0.0471 e. The lowest BCUT2D eigenvalue weighted by Gasteiger charge is -2.20. The molecule has 0 spiro atoms. The number of aliphatic hydroxyl groups excluding tert-OH is 1. The first-order valence-electron chi connectivity index (χ1n) is 5.24. The molecule has 1 fully saturated rings. The average Bonchev–Trinajstić information content (AvgIpc) is 2.52. The number of rotatable bonds is 5. The molecule has 0 aromatic rings. The van der Waals surface area contributed by atoms with Crippen LogP contribution in [0.2, 0.25) is 0 Å². The minimum atomic E-state index is 0.358. The minimum absolute atomic E-state index is 0.358. The van der Waals surface area contributed by atoms with Gasteiger partial charge in [-0.3, -0.25) is 0 Å². The molecule has 0 bridgehead atoms. The summed E-state index contributed by atoms with van der Waals surface area (Å²) in [5.74, 6) is 1.24.